The topological polar surface area (TPSA) is 54.8 Å². The number of aromatic nitrogens is 3. The second kappa shape index (κ2) is 4.10. The molecule has 1 N–H and O–H groups in total. The number of phenols is 1. The highest BCUT2D eigenvalue weighted by atomic mass is 16.3. The predicted molar refractivity (Wildman–Crippen MR) is 71.1 cm³/mol. The standard InChI is InChI=1S/C14H10N4O/c1-9-3-4-10(5-13(9)19)12-6-11(15-2)7-14-16-8-17-18(12)14/h3-8,19H,1H3. The average molecular weight is 250 g/mol. The number of fused-ring (bicyclic) bond motifs is 1. The zero-order valence-electron chi connectivity index (χ0n) is 10.2. The molecule has 2 heterocycles. The van der Waals surface area contributed by atoms with Crippen LogP contribution in [0.15, 0.2) is 36.7 Å². The van der Waals surface area contributed by atoms with Gasteiger partial charge in [0.05, 0.1) is 12.3 Å². The van der Waals surface area contributed by atoms with E-state index in [-0.39, 0.29) is 5.75 Å². The number of aryl methyl sites for hydroxylation is 1. The molecule has 2 aromatic heterocycles. The van der Waals surface area contributed by atoms with Gasteiger partial charge in [-0.1, -0.05) is 12.1 Å². The van der Waals surface area contributed by atoms with Crippen LogP contribution in [-0.4, -0.2) is 19.7 Å². The Balaban J connectivity index is 2.31. The molecule has 92 valence electrons. The van der Waals surface area contributed by atoms with Gasteiger partial charge in [-0.25, -0.2) is 14.3 Å². The number of nitrogens with zero attached hydrogens (tertiary/aromatic N) is 4. The number of hydrogen-bond donors (Lipinski definition) is 1. The molecule has 0 fully saturated rings. The molecule has 5 nitrogen and oxygen atoms in total. The Hall–Kier alpha value is -2.87. The minimum atomic E-state index is 0.221. The van der Waals surface area contributed by atoms with E-state index in [4.69, 9.17) is 6.57 Å². The first kappa shape index (κ1) is 11.2. The van der Waals surface area contributed by atoms with Crippen LogP contribution in [0, 0.1) is 13.5 Å². The fourth-order valence-electron chi connectivity index (χ4n) is 1.95. The summed E-state index contributed by atoms with van der Waals surface area (Å²) in [5.74, 6) is 0.221. The van der Waals surface area contributed by atoms with E-state index in [2.05, 4.69) is 14.9 Å². The van der Waals surface area contributed by atoms with Crippen molar-refractivity contribution in [3.63, 3.8) is 0 Å². The van der Waals surface area contributed by atoms with Gasteiger partial charge in [0.2, 0.25) is 0 Å². The van der Waals surface area contributed by atoms with Crippen molar-refractivity contribution in [2.45, 2.75) is 6.92 Å². The maximum absolute atomic E-state index is 9.80. The van der Waals surface area contributed by atoms with Crippen molar-refractivity contribution in [3.8, 4) is 17.0 Å². The molecule has 0 radical (unpaired) electrons. The Morgan fingerprint density at radius 3 is 2.84 bits per heavy atom. The van der Waals surface area contributed by atoms with Gasteiger partial charge in [-0.15, -0.1) is 0 Å². The molecule has 0 spiro atoms. The van der Waals surface area contributed by atoms with Crippen LogP contribution in [0.25, 0.3) is 21.7 Å². The molecule has 0 aliphatic rings. The SMILES string of the molecule is [C-]#[N+]c1cc(-c2ccc(C)c(O)c2)n2ncnc2c1. The van der Waals surface area contributed by atoms with E-state index in [0.29, 0.717) is 11.3 Å². The van der Waals surface area contributed by atoms with Gasteiger partial charge < -0.3 is 5.11 Å². The maximum Gasteiger partial charge on any atom is 0.193 e. The molecule has 0 atom stereocenters. The number of phenolic OH excluding ortho intramolecular Hbond substituents is 1. The molecule has 19 heavy (non-hydrogen) atoms. The summed E-state index contributed by atoms with van der Waals surface area (Å²) in [5, 5.41) is 13.9. The normalized spacial score (nSPS) is 10.5. The van der Waals surface area contributed by atoms with Crippen molar-refractivity contribution in [2.75, 3.05) is 0 Å². The van der Waals surface area contributed by atoms with E-state index < -0.39 is 0 Å². The van der Waals surface area contributed by atoms with Crippen LogP contribution in [0.1, 0.15) is 5.56 Å². The minimum absolute atomic E-state index is 0.221. The maximum atomic E-state index is 9.80. The third-order valence-corrected chi connectivity index (χ3v) is 3.00. The van der Waals surface area contributed by atoms with Crippen molar-refractivity contribution in [1.29, 1.82) is 0 Å². The molecule has 0 saturated carbocycles. The summed E-state index contributed by atoms with van der Waals surface area (Å²) >= 11 is 0. The van der Waals surface area contributed by atoms with E-state index in [1.165, 1.54) is 6.33 Å². The van der Waals surface area contributed by atoms with E-state index in [0.717, 1.165) is 16.8 Å². The van der Waals surface area contributed by atoms with Crippen molar-refractivity contribution >= 4 is 11.3 Å². The van der Waals surface area contributed by atoms with Gasteiger partial charge >= 0.3 is 0 Å². The van der Waals surface area contributed by atoms with Gasteiger partial charge in [0, 0.05) is 5.56 Å². The van der Waals surface area contributed by atoms with Gasteiger partial charge in [0.15, 0.2) is 5.69 Å². The lowest BCUT2D eigenvalue weighted by Gasteiger charge is -2.07. The highest BCUT2D eigenvalue weighted by Crippen LogP contribution is 2.29. The highest BCUT2D eigenvalue weighted by Gasteiger charge is 2.09. The molecule has 0 aliphatic carbocycles. The summed E-state index contributed by atoms with van der Waals surface area (Å²) < 4.78 is 1.65. The van der Waals surface area contributed by atoms with Crippen molar-refractivity contribution < 1.29 is 5.11 Å². The third kappa shape index (κ3) is 1.79. The second-order valence-corrected chi connectivity index (χ2v) is 4.24. The lowest BCUT2D eigenvalue weighted by molar-refractivity contribution is 0.471. The zero-order valence-corrected chi connectivity index (χ0v) is 10.2. The predicted octanol–water partition coefficient (Wildman–Crippen LogP) is 2.96. The molecule has 3 rings (SSSR count). The molecule has 1 aromatic carbocycles. The van der Waals surface area contributed by atoms with Gasteiger partial charge in [-0.3, -0.25) is 0 Å². The average Bonchev–Trinajstić information content (AvgIpc) is 2.89. The molecule has 0 bridgehead atoms. The quantitative estimate of drug-likeness (QED) is 0.675. The largest absolute Gasteiger partial charge is 0.508 e. The Bertz CT molecular complexity index is 814. The van der Waals surface area contributed by atoms with Crippen LogP contribution in [0.2, 0.25) is 0 Å². The lowest BCUT2D eigenvalue weighted by atomic mass is 10.1. The number of aromatic hydroxyl groups is 1. The van der Waals surface area contributed by atoms with E-state index in [1.54, 1.807) is 22.7 Å². The highest BCUT2D eigenvalue weighted by molar-refractivity contribution is 5.71. The Kier molecular flexibility index (Phi) is 2.43. The summed E-state index contributed by atoms with van der Waals surface area (Å²) in [6, 6.07) is 8.80. The van der Waals surface area contributed by atoms with Crippen LogP contribution in [0.5, 0.6) is 5.75 Å². The van der Waals surface area contributed by atoms with Gasteiger partial charge in [0.25, 0.3) is 0 Å². The summed E-state index contributed by atoms with van der Waals surface area (Å²) in [4.78, 5) is 7.53. The summed E-state index contributed by atoms with van der Waals surface area (Å²) in [6.07, 6.45) is 1.45. The summed E-state index contributed by atoms with van der Waals surface area (Å²) in [5.41, 5.74) is 3.44. The fraction of sp³-hybridized carbons (Fsp3) is 0.0714. The first-order valence-electron chi connectivity index (χ1n) is 5.70. The smallest absolute Gasteiger partial charge is 0.193 e. The molecule has 0 aliphatic heterocycles. The first-order valence-corrected chi connectivity index (χ1v) is 5.70. The van der Waals surface area contributed by atoms with E-state index >= 15 is 0 Å². The van der Waals surface area contributed by atoms with Crippen molar-refractivity contribution in [3.05, 3.63) is 53.6 Å². The monoisotopic (exact) mass is 250 g/mol. The number of benzene rings is 1. The molecular formula is C14H10N4O. The van der Waals surface area contributed by atoms with Crippen molar-refractivity contribution in [1.82, 2.24) is 14.6 Å². The first-order chi connectivity index (χ1) is 9.19. The van der Waals surface area contributed by atoms with Crippen LogP contribution < -0.4 is 0 Å². The molecule has 3 aromatic rings. The van der Waals surface area contributed by atoms with E-state index in [1.807, 2.05) is 19.1 Å². The number of pyridine rings is 1. The zero-order chi connectivity index (χ0) is 13.4. The molecule has 5 heteroatoms. The lowest BCUT2D eigenvalue weighted by Crippen LogP contribution is -1.94. The Morgan fingerprint density at radius 1 is 1.26 bits per heavy atom. The Labute approximate surface area is 109 Å². The third-order valence-electron chi connectivity index (χ3n) is 3.00. The van der Waals surface area contributed by atoms with Gasteiger partial charge in [-0.05, 0) is 30.7 Å². The fourth-order valence-corrected chi connectivity index (χ4v) is 1.95. The Morgan fingerprint density at radius 2 is 2.11 bits per heavy atom. The molecular weight excluding hydrogens is 240 g/mol. The van der Waals surface area contributed by atoms with Gasteiger partial charge in [-0.2, -0.15) is 5.10 Å². The second-order valence-electron chi connectivity index (χ2n) is 4.24. The molecule has 0 unspecified atom stereocenters. The minimum Gasteiger partial charge on any atom is -0.508 e. The van der Waals surface area contributed by atoms with Gasteiger partial charge in [0.1, 0.15) is 17.7 Å². The molecule has 0 amide bonds. The van der Waals surface area contributed by atoms with Crippen LogP contribution >= 0.6 is 0 Å². The van der Waals surface area contributed by atoms with Crippen LogP contribution in [-0.2, 0) is 0 Å². The number of rotatable bonds is 1. The number of hydrogen-bond acceptors (Lipinski definition) is 3. The summed E-state index contributed by atoms with van der Waals surface area (Å²) in [6.45, 7) is 8.96. The van der Waals surface area contributed by atoms with Crippen molar-refractivity contribution in [2.24, 2.45) is 0 Å². The van der Waals surface area contributed by atoms with E-state index in [9.17, 15) is 5.11 Å². The van der Waals surface area contributed by atoms with Crippen LogP contribution in [0.4, 0.5) is 5.69 Å². The summed E-state index contributed by atoms with van der Waals surface area (Å²) in [7, 11) is 0. The van der Waals surface area contributed by atoms with Crippen LogP contribution in [0.3, 0.4) is 0 Å². The molecule has 0 saturated heterocycles.